The van der Waals surface area contributed by atoms with Gasteiger partial charge in [0, 0.05) is 12.7 Å². The molecule has 0 atom stereocenters. The number of anilines is 2. The summed E-state index contributed by atoms with van der Waals surface area (Å²) in [6.45, 7) is 0. The van der Waals surface area contributed by atoms with Crippen LogP contribution in [0.15, 0.2) is 36.5 Å². The Morgan fingerprint density at radius 3 is 2.65 bits per heavy atom. The lowest BCUT2D eigenvalue weighted by Crippen LogP contribution is -2.27. The zero-order valence-electron chi connectivity index (χ0n) is 10.7. The van der Waals surface area contributed by atoms with Gasteiger partial charge < -0.3 is 10.6 Å². The average molecular weight is 270 g/mol. The molecule has 1 aromatic heterocycles. The smallest absolute Gasteiger partial charge is 0.261 e. The third-order valence-electron chi connectivity index (χ3n) is 2.80. The summed E-state index contributed by atoms with van der Waals surface area (Å²) in [6.07, 6.45) is 0.952. The number of carbonyl (C=O) groups is 1. The Kier molecular flexibility index (Phi) is 3.62. The second-order valence-corrected chi connectivity index (χ2v) is 4.11. The number of amides is 1. The molecule has 0 spiro atoms. The van der Waals surface area contributed by atoms with Gasteiger partial charge in [-0.05, 0) is 30.3 Å². The van der Waals surface area contributed by atoms with Gasteiger partial charge in [-0.25, -0.2) is 9.37 Å². The van der Waals surface area contributed by atoms with E-state index in [0.29, 0.717) is 11.3 Å². The minimum absolute atomic E-state index is 0.00291. The minimum Gasteiger partial charge on any atom is -0.383 e. The van der Waals surface area contributed by atoms with Crippen LogP contribution in [-0.4, -0.2) is 17.9 Å². The van der Waals surface area contributed by atoms with Crippen molar-refractivity contribution in [3.05, 3.63) is 53.5 Å². The van der Waals surface area contributed by atoms with Crippen molar-refractivity contribution in [3.8, 4) is 6.07 Å². The Morgan fingerprint density at radius 2 is 2.05 bits per heavy atom. The van der Waals surface area contributed by atoms with Crippen LogP contribution in [0.4, 0.5) is 15.9 Å². The molecule has 20 heavy (non-hydrogen) atoms. The maximum absolute atomic E-state index is 13.1. The number of hydrogen-bond acceptors (Lipinski definition) is 4. The maximum Gasteiger partial charge on any atom is 0.261 e. The van der Waals surface area contributed by atoms with Gasteiger partial charge in [0.25, 0.3) is 5.91 Å². The van der Waals surface area contributed by atoms with Gasteiger partial charge in [0.05, 0.1) is 23.4 Å². The van der Waals surface area contributed by atoms with Gasteiger partial charge in [0.2, 0.25) is 0 Å². The Balaban J connectivity index is 2.32. The largest absolute Gasteiger partial charge is 0.383 e. The van der Waals surface area contributed by atoms with Crippen molar-refractivity contribution in [3.63, 3.8) is 0 Å². The predicted octanol–water partition coefficient (Wildman–Crippen LogP) is 1.95. The zero-order chi connectivity index (χ0) is 14.7. The molecule has 5 nitrogen and oxygen atoms in total. The Labute approximate surface area is 115 Å². The highest BCUT2D eigenvalue weighted by Gasteiger charge is 2.17. The molecule has 0 bridgehead atoms. The van der Waals surface area contributed by atoms with Crippen molar-refractivity contribution < 1.29 is 9.18 Å². The molecular formula is C14H11FN4O. The van der Waals surface area contributed by atoms with E-state index in [1.807, 2.05) is 6.07 Å². The number of nitriles is 1. The van der Waals surface area contributed by atoms with E-state index in [9.17, 15) is 9.18 Å². The van der Waals surface area contributed by atoms with Crippen LogP contribution in [0.3, 0.4) is 0 Å². The maximum atomic E-state index is 13.1. The summed E-state index contributed by atoms with van der Waals surface area (Å²) < 4.78 is 13.1. The van der Waals surface area contributed by atoms with E-state index in [1.54, 1.807) is 24.3 Å². The van der Waals surface area contributed by atoms with Crippen molar-refractivity contribution in [1.82, 2.24) is 4.98 Å². The van der Waals surface area contributed by atoms with Crippen molar-refractivity contribution in [2.45, 2.75) is 0 Å². The van der Waals surface area contributed by atoms with Gasteiger partial charge in [-0.1, -0.05) is 0 Å². The number of halogens is 1. The van der Waals surface area contributed by atoms with E-state index >= 15 is 0 Å². The molecule has 100 valence electrons. The summed E-state index contributed by atoms with van der Waals surface area (Å²) in [5.74, 6) is -1.13. The van der Waals surface area contributed by atoms with Crippen molar-refractivity contribution >= 4 is 17.4 Å². The molecule has 0 fully saturated rings. The van der Waals surface area contributed by atoms with E-state index in [2.05, 4.69) is 4.98 Å². The molecule has 0 unspecified atom stereocenters. The number of rotatable bonds is 2. The quantitative estimate of drug-likeness (QED) is 0.904. The van der Waals surface area contributed by atoms with Crippen molar-refractivity contribution in [2.75, 3.05) is 17.7 Å². The topological polar surface area (TPSA) is 83.0 Å². The number of pyridine rings is 1. The number of nitrogen functional groups attached to an aromatic ring is 1. The standard InChI is InChI=1S/C14H11FN4O/c1-19(11-4-2-9(7-16)3-5-11)14(20)12-6-10(15)8-18-13(12)17/h2-6,8H,1H3,(H2,17,18). The molecule has 0 saturated carbocycles. The summed E-state index contributed by atoms with van der Waals surface area (Å²) in [6, 6.07) is 9.46. The third kappa shape index (κ3) is 2.57. The molecule has 0 saturated heterocycles. The van der Waals surface area contributed by atoms with E-state index < -0.39 is 11.7 Å². The summed E-state index contributed by atoms with van der Waals surface area (Å²) in [5.41, 5.74) is 6.64. The molecule has 6 heteroatoms. The first-order valence-electron chi connectivity index (χ1n) is 5.72. The normalized spacial score (nSPS) is 9.85. The van der Waals surface area contributed by atoms with Crippen molar-refractivity contribution in [1.29, 1.82) is 5.26 Å². The molecular weight excluding hydrogens is 259 g/mol. The average Bonchev–Trinajstić information content (AvgIpc) is 2.48. The van der Waals surface area contributed by atoms with Crippen molar-refractivity contribution in [2.24, 2.45) is 0 Å². The second-order valence-electron chi connectivity index (χ2n) is 4.11. The summed E-state index contributed by atoms with van der Waals surface area (Å²) in [5, 5.41) is 8.72. The van der Waals surface area contributed by atoms with Gasteiger partial charge in [-0.15, -0.1) is 0 Å². The number of nitrogens with two attached hydrogens (primary N) is 1. The van der Waals surface area contributed by atoms with Gasteiger partial charge in [-0.2, -0.15) is 5.26 Å². The lowest BCUT2D eigenvalue weighted by Gasteiger charge is -2.18. The fourth-order valence-electron chi connectivity index (χ4n) is 1.68. The SMILES string of the molecule is CN(C(=O)c1cc(F)cnc1N)c1ccc(C#N)cc1. The first-order valence-corrected chi connectivity index (χ1v) is 5.72. The zero-order valence-corrected chi connectivity index (χ0v) is 10.7. The van der Waals surface area contributed by atoms with Gasteiger partial charge in [0.15, 0.2) is 0 Å². The minimum atomic E-state index is -0.629. The van der Waals surface area contributed by atoms with Crippen LogP contribution in [0, 0.1) is 17.1 Å². The molecule has 0 aliphatic rings. The summed E-state index contributed by atoms with van der Waals surface area (Å²) in [4.78, 5) is 17.2. The molecule has 2 aromatic rings. The number of aromatic nitrogens is 1. The van der Waals surface area contributed by atoms with Gasteiger partial charge in [-0.3, -0.25) is 4.79 Å². The molecule has 2 N–H and O–H groups in total. The molecule has 0 aliphatic carbocycles. The van der Waals surface area contributed by atoms with Crippen LogP contribution in [0.25, 0.3) is 0 Å². The lowest BCUT2D eigenvalue weighted by molar-refractivity contribution is 0.0993. The van der Waals surface area contributed by atoms with Crippen LogP contribution in [0.5, 0.6) is 0 Å². The van der Waals surface area contributed by atoms with Crippen LogP contribution < -0.4 is 10.6 Å². The monoisotopic (exact) mass is 270 g/mol. The van der Waals surface area contributed by atoms with Crippen LogP contribution >= 0.6 is 0 Å². The molecule has 1 heterocycles. The van der Waals surface area contributed by atoms with E-state index in [4.69, 9.17) is 11.0 Å². The Morgan fingerprint density at radius 1 is 1.40 bits per heavy atom. The first kappa shape index (κ1) is 13.5. The fraction of sp³-hybridized carbons (Fsp3) is 0.0714. The molecule has 1 aromatic carbocycles. The summed E-state index contributed by atoms with van der Waals surface area (Å²) >= 11 is 0. The second kappa shape index (κ2) is 5.36. The highest BCUT2D eigenvalue weighted by Crippen LogP contribution is 2.19. The highest BCUT2D eigenvalue weighted by molar-refractivity contribution is 6.08. The van der Waals surface area contributed by atoms with Crippen LogP contribution in [-0.2, 0) is 0 Å². The number of carbonyl (C=O) groups excluding carboxylic acids is 1. The summed E-state index contributed by atoms with van der Waals surface area (Å²) in [7, 11) is 1.54. The lowest BCUT2D eigenvalue weighted by atomic mass is 10.2. The molecule has 2 rings (SSSR count). The molecule has 1 amide bonds. The first-order chi connectivity index (χ1) is 9.52. The number of nitrogens with zero attached hydrogens (tertiary/aromatic N) is 3. The van der Waals surface area contributed by atoms with Gasteiger partial charge in [0.1, 0.15) is 11.6 Å². The Bertz CT molecular complexity index is 691. The van der Waals surface area contributed by atoms with E-state index in [0.717, 1.165) is 12.3 Å². The van der Waals surface area contributed by atoms with Crippen LogP contribution in [0.1, 0.15) is 15.9 Å². The Hall–Kier alpha value is -2.94. The van der Waals surface area contributed by atoms with Crippen LogP contribution in [0.2, 0.25) is 0 Å². The van der Waals surface area contributed by atoms with Gasteiger partial charge >= 0.3 is 0 Å². The highest BCUT2D eigenvalue weighted by atomic mass is 19.1. The third-order valence-corrected chi connectivity index (χ3v) is 2.80. The predicted molar refractivity (Wildman–Crippen MR) is 72.5 cm³/mol. The molecule has 0 aliphatic heterocycles. The fourth-order valence-corrected chi connectivity index (χ4v) is 1.68. The number of benzene rings is 1. The number of hydrogen-bond donors (Lipinski definition) is 1. The van der Waals surface area contributed by atoms with E-state index in [1.165, 1.54) is 11.9 Å². The van der Waals surface area contributed by atoms with E-state index in [-0.39, 0.29) is 11.4 Å². The molecule has 0 radical (unpaired) electrons.